The van der Waals surface area contributed by atoms with Crippen molar-refractivity contribution in [3.05, 3.63) is 56.9 Å². The van der Waals surface area contributed by atoms with Crippen molar-refractivity contribution in [2.45, 2.75) is 6.54 Å². The summed E-state index contributed by atoms with van der Waals surface area (Å²) in [4.78, 5) is 12.4. The number of likely N-dealkylation sites (N-methyl/N-ethyl adjacent to an activating group) is 1. The highest BCUT2D eigenvalue weighted by atomic mass is 79.9. The first-order valence-corrected chi connectivity index (χ1v) is 7.14. The van der Waals surface area contributed by atoms with Gasteiger partial charge in [0.25, 0.3) is 0 Å². The standard InChI is InChI=1S/C14H15BrN2O4/c1-16(10-11-6-7-14(15)21-11)8-9-20-13-5-3-2-4-12(13)17(18)19/h2-7H,8-10H2,1H3. The summed E-state index contributed by atoms with van der Waals surface area (Å²) in [5.74, 6) is 1.13. The summed E-state index contributed by atoms with van der Waals surface area (Å²) in [6, 6.07) is 10.1. The molecule has 0 saturated heterocycles. The maximum absolute atomic E-state index is 10.9. The van der Waals surface area contributed by atoms with Gasteiger partial charge >= 0.3 is 5.69 Å². The molecule has 0 aliphatic heterocycles. The van der Waals surface area contributed by atoms with E-state index in [-0.39, 0.29) is 11.4 Å². The Bertz CT molecular complexity index is 615. The Kier molecular flexibility index (Phi) is 5.35. The third-order valence-corrected chi connectivity index (χ3v) is 3.27. The summed E-state index contributed by atoms with van der Waals surface area (Å²) in [6.07, 6.45) is 0. The maximum atomic E-state index is 10.9. The quantitative estimate of drug-likeness (QED) is 0.562. The Balaban J connectivity index is 1.83. The van der Waals surface area contributed by atoms with Crippen molar-refractivity contribution in [2.24, 2.45) is 0 Å². The van der Waals surface area contributed by atoms with Crippen molar-refractivity contribution in [2.75, 3.05) is 20.2 Å². The van der Waals surface area contributed by atoms with Crippen molar-refractivity contribution >= 4 is 21.6 Å². The highest BCUT2D eigenvalue weighted by molar-refractivity contribution is 9.10. The lowest BCUT2D eigenvalue weighted by Crippen LogP contribution is -2.23. The van der Waals surface area contributed by atoms with Crippen LogP contribution in [0, 0.1) is 10.1 Å². The van der Waals surface area contributed by atoms with Crippen LogP contribution in [-0.2, 0) is 6.54 Å². The molecule has 0 unspecified atom stereocenters. The Morgan fingerprint density at radius 2 is 2.10 bits per heavy atom. The fraction of sp³-hybridized carbons (Fsp3) is 0.286. The van der Waals surface area contributed by atoms with Crippen molar-refractivity contribution < 1.29 is 14.1 Å². The van der Waals surface area contributed by atoms with Gasteiger partial charge in [-0.3, -0.25) is 15.0 Å². The van der Waals surface area contributed by atoms with E-state index in [9.17, 15) is 10.1 Å². The molecule has 0 spiro atoms. The first-order chi connectivity index (χ1) is 10.1. The van der Waals surface area contributed by atoms with Gasteiger partial charge in [-0.2, -0.15) is 0 Å². The van der Waals surface area contributed by atoms with Crippen LogP contribution in [0.5, 0.6) is 5.75 Å². The minimum absolute atomic E-state index is 0.0184. The number of rotatable bonds is 7. The van der Waals surface area contributed by atoms with E-state index < -0.39 is 4.92 Å². The van der Waals surface area contributed by atoms with E-state index in [1.54, 1.807) is 18.2 Å². The molecule has 0 aliphatic rings. The monoisotopic (exact) mass is 354 g/mol. The Labute approximate surface area is 130 Å². The Morgan fingerprint density at radius 3 is 2.76 bits per heavy atom. The number of ether oxygens (including phenoxy) is 1. The molecule has 2 rings (SSSR count). The van der Waals surface area contributed by atoms with Crippen LogP contribution in [0.2, 0.25) is 0 Å². The fourth-order valence-electron chi connectivity index (χ4n) is 1.82. The number of para-hydroxylation sites is 2. The van der Waals surface area contributed by atoms with Gasteiger partial charge in [0, 0.05) is 12.6 Å². The van der Waals surface area contributed by atoms with Gasteiger partial charge in [-0.25, -0.2) is 0 Å². The van der Waals surface area contributed by atoms with E-state index in [0.29, 0.717) is 24.4 Å². The van der Waals surface area contributed by atoms with Gasteiger partial charge in [0.05, 0.1) is 11.5 Å². The number of furan rings is 1. The van der Waals surface area contributed by atoms with E-state index in [1.807, 2.05) is 24.1 Å². The van der Waals surface area contributed by atoms with Gasteiger partial charge in [-0.15, -0.1) is 0 Å². The first-order valence-electron chi connectivity index (χ1n) is 6.35. The smallest absolute Gasteiger partial charge is 0.310 e. The normalized spacial score (nSPS) is 10.8. The topological polar surface area (TPSA) is 68.8 Å². The molecule has 0 fully saturated rings. The molecule has 0 aliphatic carbocycles. The van der Waals surface area contributed by atoms with Gasteiger partial charge in [0.1, 0.15) is 12.4 Å². The van der Waals surface area contributed by atoms with Crippen molar-refractivity contribution in [1.29, 1.82) is 0 Å². The number of hydrogen-bond donors (Lipinski definition) is 0. The number of nitrogens with zero attached hydrogens (tertiary/aromatic N) is 2. The summed E-state index contributed by atoms with van der Waals surface area (Å²) in [7, 11) is 1.93. The molecule has 21 heavy (non-hydrogen) atoms. The second kappa shape index (κ2) is 7.24. The molecule has 0 saturated carbocycles. The Hall–Kier alpha value is -1.86. The summed E-state index contributed by atoms with van der Waals surface area (Å²) in [5.41, 5.74) is -0.0184. The zero-order valence-electron chi connectivity index (χ0n) is 11.5. The molecule has 2 aromatic rings. The molecule has 0 amide bonds. The van der Waals surface area contributed by atoms with Gasteiger partial charge in [0.15, 0.2) is 10.4 Å². The summed E-state index contributed by atoms with van der Waals surface area (Å²) in [6.45, 7) is 1.64. The lowest BCUT2D eigenvalue weighted by Gasteiger charge is -2.15. The molecule has 6 nitrogen and oxygen atoms in total. The van der Waals surface area contributed by atoms with E-state index in [1.165, 1.54) is 6.07 Å². The van der Waals surface area contributed by atoms with Crippen LogP contribution in [0.15, 0.2) is 45.5 Å². The van der Waals surface area contributed by atoms with Crippen LogP contribution in [-0.4, -0.2) is 30.0 Å². The third kappa shape index (κ3) is 4.57. The van der Waals surface area contributed by atoms with Crippen LogP contribution < -0.4 is 4.74 Å². The summed E-state index contributed by atoms with van der Waals surface area (Å²) in [5, 5.41) is 10.9. The highest BCUT2D eigenvalue weighted by Crippen LogP contribution is 2.25. The van der Waals surface area contributed by atoms with E-state index in [2.05, 4.69) is 15.9 Å². The molecule has 0 N–H and O–H groups in total. The van der Waals surface area contributed by atoms with E-state index in [4.69, 9.17) is 9.15 Å². The lowest BCUT2D eigenvalue weighted by atomic mass is 10.3. The number of halogens is 1. The van der Waals surface area contributed by atoms with Gasteiger partial charge in [0.2, 0.25) is 0 Å². The zero-order chi connectivity index (χ0) is 15.2. The third-order valence-electron chi connectivity index (χ3n) is 2.85. The predicted octanol–water partition coefficient (Wildman–Crippen LogP) is 3.46. The predicted molar refractivity (Wildman–Crippen MR) is 81.3 cm³/mol. The average molecular weight is 355 g/mol. The van der Waals surface area contributed by atoms with Gasteiger partial charge in [-0.1, -0.05) is 12.1 Å². The fourth-order valence-corrected chi connectivity index (χ4v) is 2.16. The van der Waals surface area contributed by atoms with Crippen LogP contribution in [0.25, 0.3) is 0 Å². The molecule has 1 aromatic heterocycles. The van der Waals surface area contributed by atoms with Crippen LogP contribution in [0.4, 0.5) is 5.69 Å². The number of benzene rings is 1. The van der Waals surface area contributed by atoms with Crippen LogP contribution in [0.3, 0.4) is 0 Å². The van der Waals surface area contributed by atoms with Crippen LogP contribution in [0.1, 0.15) is 5.76 Å². The largest absolute Gasteiger partial charge is 0.485 e. The summed E-state index contributed by atoms with van der Waals surface area (Å²) >= 11 is 3.25. The van der Waals surface area contributed by atoms with Crippen molar-refractivity contribution in [1.82, 2.24) is 4.90 Å². The molecular formula is C14H15BrN2O4. The number of nitro groups is 1. The minimum atomic E-state index is -0.445. The number of hydrogen-bond acceptors (Lipinski definition) is 5. The molecule has 7 heteroatoms. The van der Waals surface area contributed by atoms with E-state index in [0.717, 1.165) is 5.76 Å². The van der Waals surface area contributed by atoms with Gasteiger partial charge < -0.3 is 9.15 Å². The molecule has 0 radical (unpaired) electrons. The lowest BCUT2D eigenvalue weighted by molar-refractivity contribution is -0.385. The van der Waals surface area contributed by atoms with Crippen LogP contribution >= 0.6 is 15.9 Å². The zero-order valence-corrected chi connectivity index (χ0v) is 13.1. The SMILES string of the molecule is CN(CCOc1ccccc1[N+](=O)[O-])Cc1ccc(Br)o1. The molecule has 0 atom stereocenters. The molecule has 1 heterocycles. The van der Waals surface area contributed by atoms with Crippen molar-refractivity contribution in [3.63, 3.8) is 0 Å². The maximum Gasteiger partial charge on any atom is 0.310 e. The first kappa shape index (κ1) is 15.5. The summed E-state index contributed by atoms with van der Waals surface area (Å²) < 4.78 is 11.6. The molecular weight excluding hydrogens is 340 g/mol. The molecule has 112 valence electrons. The number of nitro benzene ring substituents is 1. The Morgan fingerprint density at radius 1 is 1.33 bits per heavy atom. The highest BCUT2D eigenvalue weighted by Gasteiger charge is 2.13. The van der Waals surface area contributed by atoms with Crippen molar-refractivity contribution in [3.8, 4) is 5.75 Å². The second-order valence-electron chi connectivity index (χ2n) is 4.52. The minimum Gasteiger partial charge on any atom is -0.485 e. The van der Waals surface area contributed by atoms with Gasteiger partial charge in [-0.05, 0) is 41.2 Å². The average Bonchev–Trinajstić information content (AvgIpc) is 2.84. The molecule has 0 bridgehead atoms. The van der Waals surface area contributed by atoms with E-state index >= 15 is 0 Å². The second-order valence-corrected chi connectivity index (χ2v) is 5.30. The molecule has 1 aromatic carbocycles.